The van der Waals surface area contributed by atoms with Gasteiger partial charge in [0.25, 0.3) is 11.8 Å². The van der Waals surface area contributed by atoms with Gasteiger partial charge in [0.2, 0.25) is 0 Å². The molecule has 0 bridgehead atoms. The van der Waals surface area contributed by atoms with E-state index in [2.05, 4.69) is 10.6 Å². The second-order valence-electron chi connectivity index (χ2n) is 10.9. The zero-order valence-electron chi connectivity index (χ0n) is 19.0. The van der Waals surface area contributed by atoms with Gasteiger partial charge < -0.3 is 30.3 Å². The summed E-state index contributed by atoms with van der Waals surface area (Å²) in [4.78, 5) is 25.2. The molecular formula is C21H40N4O4. The minimum atomic E-state index is -0.604. The number of nitrogens with zero attached hydrogens (tertiary/aromatic N) is 2. The van der Waals surface area contributed by atoms with Gasteiger partial charge in [-0.25, -0.2) is 0 Å². The van der Waals surface area contributed by atoms with Crippen molar-refractivity contribution >= 4 is 11.8 Å². The van der Waals surface area contributed by atoms with Gasteiger partial charge in [-0.05, 0) is 41.5 Å². The Morgan fingerprint density at radius 1 is 0.793 bits per heavy atom. The van der Waals surface area contributed by atoms with E-state index in [-0.39, 0.29) is 36.0 Å². The Labute approximate surface area is 175 Å². The second-order valence-corrected chi connectivity index (χ2v) is 10.9. The number of quaternary nitrogens is 2. The summed E-state index contributed by atoms with van der Waals surface area (Å²) in [7, 11) is 0. The van der Waals surface area contributed by atoms with E-state index < -0.39 is 21.4 Å². The van der Waals surface area contributed by atoms with Crippen LogP contribution in [0, 0.1) is 10.4 Å². The molecule has 2 fully saturated rings. The van der Waals surface area contributed by atoms with Crippen LogP contribution in [-0.4, -0.2) is 70.4 Å². The highest BCUT2D eigenvalue weighted by molar-refractivity contribution is 5.82. The normalized spacial score (nSPS) is 33.0. The molecule has 0 spiro atoms. The van der Waals surface area contributed by atoms with Gasteiger partial charge in [0, 0.05) is 43.2 Å². The fraction of sp³-hybridized carbons (Fsp3) is 0.905. The molecule has 2 saturated heterocycles. The van der Waals surface area contributed by atoms with E-state index in [1.165, 1.54) is 0 Å². The van der Waals surface area contributed by atoms with E-state index in [1.54, 1.807) is 0 Å². The number of carbonyl (C=O) groups is 2. The fourth-order valence-corrected chi connectivity index (χ4v) is 4.62. The summed E-state index contributed by atoms with van der Waals surface area (Å²) in [5.41, 5.74) is -0.754. The highest BCUT2D eigenvalue weighted by atomic mass is 16.6. The number of hydroxylamine groups is 6. The minimum Gasteiger partial charge on any atom is -0.632 e. The predicted molar refractivity (Wildman–Crippen MR) is 113 cm³/mol. The first-order valence-electron chi connectivity index (χ1n) is 10.9. The highest BCUT2D eigenvalue weighted by Gasteiger charge is 2.43. The summed E-state index contributed by atoms with van der Waals surface area (Å²) in [6, 6.07) is -1.21. The van der Waals surface area contributed by atoms with Crippen LogP contribution in [0.5, 0.6) is 0 Å². The lowest BCUT2D eigenvalue weighted by Crippen LogP contribution is -2.59. The Kier molecular flexibility index (Phi) is 7.04. The lowest BCUT2D eigenvalue weighted by molar-refractivity contribution is -0.902. The second kappa shape index (κ2) is 8.49. The minimum absolute atomic E-state index is 0.195. The first kappa shape index (κ1) is 24.1. The quantitative estimate of drug-likeness (QED) is 0.515. The molecule has 2 amide bonds. The maximum atomic E-state index is 13.3. The molecule has 4 atom stereocenters. The third-order valence-electron chi connectivity index (χ3n) is 5.84. The smallest absolute Gasteiger partial charge is 0.279 e. The number of amides is 2. The van der Waals surface area contributed by atoms with E-state index in [1.807, 2.05) is 41.5 Å². The SMILES string of the molecule is CC(C)(C)NC(=O)[C@@H]1CCC[N+]1([O-])CCC[N+]1([O-])CCC[C@H]1C(=O)NC(C)(C)C. The Morgan fingerprint density at radius 3 is 1.45 bits per heavy atom. The van der Waals surface area contributed by atoms with Crippen LogP contribution in [0.4, 0.5) is 0 Å². The van der Waals surface area contributed by atoms with E-state index >= 15 is 0 Å². The van der Waals surface area contributed by atoms with Crippen LogP contribution in [0.2, 0.25) is 0 Å². The van der Waals surface area contributed by atoms with Crippen LogP contribution in [0.25, 0.3) is 0 Å². The average Bonchev–Trinajstić information content (AvgIpc) is 3.07. The van der Waals surface area contributed by atoms with E-state index in [9.17, 15) is 20.0 Å². The van der Waals surface area contributed by atoms with Gasteiger partial charge in [0.1, 0.15) is 0 Å². The maximum Gasteiger partial charge on any atom is 0.279 e. The number of nitrogens with one attached hydrogen (secondary N) is 2. The molecule has 8 heteroatoms. The van der Waals surface area contributed by atoms with Crippen molar-refractivity contribution in [3.63, 3.8) is 0 Å². The molecular weight excluding hydrogens is 372 g/mol. The zero-order chi connectivity index (χ0) is 22.1. The number of likely N-dealkylation sites (tertiary alicyclic amines) is 2. The van der Waals surface area contributed by atoms with Crippen LogP contribution in [0.15, 0.2) is 0 Å². The molecule has 29 heavy (non-hydrogen) atoms. The molecule has 2 unspecified atom stereocenters. The first-order valence-corrected chi connectivity index (χ1v) is 10.9. The summed E-state index contributed by atoms with van der Waals surface area (Å²) >= 11 is 0. The fourth-order valence-electron chi connectivity index (χ4n) is 4.62. The summed E-state index contributed by atoms with van der Waals surface area (Å²) in [6.07, 6.45) is 3.03. The van der Waals surface area contributed by atoms with Gasteiger partial charge in [-0.15, -0.1) is 0 Å². The molecule has 0 saturated carbocycles. The standard InChI is InChI=1S/C21H40N4O4/c1-20(2,3)22-18(26)16-10-7-12-24(16,28)14-9-15-25(29)13-8-11-17(25)19(27)23-21(4,5)6/h16-17H,7-15H2,1-6H3,(H,22,26)(H,23,27)/t16-,17-,24?,25?/m0/s1. The average molecular weight is 413 g/mol. The largest absolute Gasteiger partial charge is 0.632 e. The maximum absolute atomic E-state index is 13.3. The lowest BCUT2D eigenvalue weighted by Gasteiger charge is -2.47. The van der Waals surface area contributed by atoms with E-state index in [0.717, 1.165) is 12.8 Å². The third kappa shape index (κ3) is 6.38. The molecule has 0 radical (unpaired) electrons. The van der Waals surface area contributed by atoms with Crippen molar-refractivity contribution in [1.29, 1.82) is 0 Å². The molecule has 0 aliphatic carbocycles. The Balaban J connectivity index is 1.96. The van der Waals surface area contributed by atoms with Crippen LogP contribution in [0.3, 0.4) is 0 Å². The number of hydrogen-bond acceptors (Lipinski definition) is 4. The molecule has 0 aromatic heterocycles. The van der Waals surface area contributed by atoms with Gasteiger partial charge in [-0.2, -0.15) is 0 Å². The molecule has 2 aliphatic heterocycles. The highest BCUT2D eigenvalue weighted by Crippen LogP contribution is 2.30. The predicted octanol–water partition coefficient (Wildman–Crippen LogP) is 2.16. The summed E-state index contributed by atoms with van der Waals surface area (Å²) in [6.45, 7) is 12.7. The first-order chi connectivity index (χ1) is 13.2. The van der Waals surface area contributed by atoms with Gasteiger partial charge in [-0.1, -0.05) is 0 Å². The van der Waals surface area contributed by atoms with Crippen molar-refractivity contribution in [3.8, 4) is 0 Å². The molecule has 2 N–H and O–H groups in total. The molecule has 0 aromatic carbocycles. The lowest BCUT2D eigenvalue weighted by atomic mass is 10.1. The number of hydrogen-bond donors (Lipinski definition) is 2. The Bertz CT molecular complexity index is 561. The van der Waals surface area contributed by atoms with Gasteiger partial charge in [0.15, 0.2) is 12.1 Å². The Hall–Kier alpha value is -1.22. The van der Waals surface area contributed by atoms with Crippen molar-refractivity contribution in [3.05, 3.63) is 10.4 Å². The van der Waals surface area contributed by atoms with E-state index in [4.69, 9.17) is 0 Å². The molecule has 2 heterocycles. The molecule has 2 rings (SSSR count). The van der Waals surface area contributed by atoms with Crippen molar-refractivity contribution < 1.29 is 18.9 Å². The number of carbonyl (C=O) groups excluding carboxylic acids is 2. The van der Waals surface area contributed by atoms with Crippen molar-refractivity contribution in [2.24, 2.45) is 0 Å². The molecule has 168 valence electrons. The van der Waals surface area contributed by atoms with Crippen molar-refractivity contribution in [2.75, 3.05) is 26.2 Å². The topological polar surface area (TPSA) is 104 Å². The number of rotatable bonds is 6. The molecule has 0 aromatic rings. The Morgan fingerprint density at radius 2 is 1.14 bits per heavy atom. The van der Waals surface area contributed by atoms with Gasteiger partial charge in [0.05, 0.1) is 26.2 Å². The van der Waals surface area contributed by atoms with Crippen LogP contribution < -0.4 is 10.6 Å². The zero-order valence-corrected chi connectivity index (χ0v) is 19.0. The van der Waals surface area contributed by atoms with Crippen LogP contribution in [0.1, 0.15) is 73.6 Å². The summed E-state index contributed by atoms with van der Waals surface area (Å²) < 4.78 is -1.11. The summed E-state index contributed by atoms with van der Waals surface area (Å²) in [5, 5.41) is 32.5. The van der Waals surface area contributed by atoms with Crippen molar-refractivity contribution in [1.82, 2.24) is 10.6 Å². The van der Waals surface area contributed by atoms with Gasteiger partial charge >= 0.3 is 0 Å². The van der Waals surface area contributed by atoms with Crippen LogP contribution >= 0.6 is 0 Å². The molecule has 2 aliphatic rings. The third-order valence-corrected chi connectivity index (χ3v) is 5.84. The molecule has 8 nitrogen and oxygen atoms in total. The van der Waals surface area contributed by atoms with Crippen molar-refractivity contribution in [2.45, 2.75) is 96.8 Å². The summed E-state index contributed by atoms with van der Waals surface area (Å²) in [5.74, 6) is -0.390. The monoisotopic (exact) mass is 412 g/mol. The van der Waals surface area contributed by atoms with Crippen LogP contribution in [-0.2, 0) is 9.59 Å². The van der Waals surface area contributed by atoms with Gasteiger partial charge in [-0.3, -0.25) is 9.59 Å². The van der Waals surface area contributed by atoms with E-state index in [0.29, 0.717) is 32.4 Å².